The SMILES string of the molecule is Cc1ccc2c(c1)-c1ccccc1C2(C)C.Cc1ccc2c(c1)c1ccccc1n2C.Cc1ccc2c3ccccc3n(C)c2c1.Cc1ccc2cc(C)ccc2c1.Cc1ccc2ccccc2c1.Cc1cccc2c1-c1ccccc1C2(C)C.Cc1cccc2c1C(C)(C)c1ccccc1-2.Cc1cccc2c3ccccc3n(C)c12.Cc1cccc2ccccc12. The van der Waals surface area contributed by atoms with E-state index in [-0.39, 0.29) is 16.2 Å². The number of hydrogen-bond acceptors (Lipinski definition) is 0. The van der Waals surface area contributed by atoms with Gasteiger partial charge in [-0.2, -0.15) is 0 Å². The average Bonchev–Trinajstić information content (AvgIpc) is 1.65. The molecule has 127 heavy (non-hydrogen) atoms. The third-order valence-corrected chi connectivity index (χ3v) is 26.7. The molecule has 3 nitrogen and oxygen atoms in total. The number of benzene rings is 18. The van der Waals surface area contributed by atoms with Gasteiger partial charge in [-0.05, 0) is 233 Å². The van der Waals surface area contributed by atoms with E-state index >= 15 is 0 Å². The summed E-state index contributed by atoms with van der Waals surface area (Å²) in [6, 6.07) is 135. The van der Waals surface area contributed by atoms with Crippen LogP contribution in [0.25, 0.3) is 131 Å². The van der Waals surface area contributed by atoms with Crippen LogP contribution in [0.3, 0.4) is 0 Å². The predicted molar refractivity (Wildman–Crippen MR) is 553 cm³/mol. The molecule has 0 unspecified atom stereocenters. The van der Waals surface area contributed by atoms with Gasteiger partial charge in [0.2, 0.25) is 0 Å². The fourth-order valence-electron chi connectivity index (χ4n) is 20.1. The summed E-state index contributed by atoms with van der Waals surface area (Å²) in [7, 11) is 6.39. The van der Waals surface area contributed by atoms with Crippen molar-refractivity contribution >= 4 is 97.7 Å². The molecule has 24 rings (SSSR count). The number of aryl methyl sites for hydroxylation is 13. The smallest absolute Gasteiger partial charge is 0.0518 e. The molecule has 0 N–H and O–H groups in total. The van der Waals surface area contributed by atoms with E-state index in [1.54, 1.807) is 0 Å². The van der Waals surface area contributed by atoms with Crippen LogP contribution in [-0.4, -0.2) is 13.7 Å². The van der Waals surface area contributed by atoms with Crippen LogP contribution in [0.15, 0.2) is 376 Å². The normalized spacial score (nSPS) is 12.7. The van der Waals surface area contributed by atoms with Crippen LogP contribution in [0.5, 0.6) is 0 Å². The largest absolute Gasteiger partial charge is 0.344 e. The first-order valence-corrected chi connectivity index (χ1v) is 45.0. The van der Waals surface area contributed by atoms with Crippen molar-refractivity contribution in [3.63, 3.8) is 0 Å². The van der Waals surface area contributed by atoms with Gasteiger partial charge in [0.1, 0.15) is 0 Å². The van der Waals surface area contributed by atoms with E-state index in [0.29, 0.717) is 0 Å². The van der Waals surface area contributed by atoms with Crippen LogP contribution in [0.4, 0.5) is 0 Å². The molecule has 0 bridgehead atoms. The molecule has 3 heteroatoms. The van der Waals surface area contributed by atoms with Gasteiger partial charge >= 0.3 is 0 Å². The Balaban J connectivity index is 0.000000105. The maximum Gasteiger partial charge on any atom is 0.0518 e. The number of fused-ring (bicyclic) bond motifs is 21. The topological polar surface area (TPSA) is 14.8 Å². The number of rotatable bonds is 0. The summed E-state index contributed by atoms with van der Waals surface area (Å²) < 4.78 is 6.79. The molecule has 3 aliphatic carbocycles. The van der Waals surface area contributed by atoms with E-state index in [0.717, 1.165) is 0 Å². The van der Waals surface area contributed by atoms with E-state index in [1.165, 1.54) is 220 Å². The lowest BCUT2D eigenvalue weighted by molar-refractivity contribution is 0.655. The summed E-state index contributed by atoms with van der Waals surface area (Å²) in [5.74, 6) is 0. The maximum absolute atomic E-state index is 2.32. The minimum Gasteiger partial charge on any atom is -0.344 e. The summed E-state index contributed by atoms with van der Waals surface area (Å²) >= 11 is 0. The number of aromatic nitrogens is 3. The molecule has 18 aromatic carbocycles. The number of nitrogens with zero attached hydrogens (tertiary/aromatic N) is 3. The van der Waals surface area contributed by atoms with Crippen LogP contribution in [0.1, 0.15) is 131 Å². The Labute approximate surface area is 753 Å². The van der Waals surface area contributed by atoms with E-state index in [4.69, 9.17) is 0 Å². The van der Waals surface area contributed by atoms with Gasteiger partial charge in [0.05, 0.1) is 5.52 Å². The molecule has 3 aliphatic rings. The summed E-state index contributed by atoms with van der Waals surface area (Å²) in [5.41, 5.74) is 39.1. The first kappa shape index (κ1) is 86.6. The quantitative estimate of drug-likeness (QED) is 0.144. The molecule has 630 valence electrons. The van der Waals surface area contributed by atoms with Crippen LogP contribution in [0, 0.1) is 69.2 Å². The van der Waals surface area contributed by atoms with Crippen molar-refractivity contribution in [1.29, 1.82) is 0 Å². The first-order valence-electron chi connectivity index (χ1n) is 45.0. The van der Waals surface area contributed by atoms with Crippen molar-refractivity contribution < 1.29 is 0 Å². The molecule has 0 saturated heterocycles. The van der Waals surface area contributed by atoms with Crippen molar-refractivity contribution in [2.45, 2.75) is 127 Å². The standard InChI is InChI=1S/3C16H16.3C14H13N.C12H12.2C11H10/c1-11-7-6-9-13-12-8-4-5-10-14(12)16(2,3)15(11)13;1-11-7-6-10-14-15(11)12-8-4-5-9-13(12)16(14,2)3;1-11-8-9-15-13(10-11)12-6-4-5-7-14(12)16(15,2)3;1-10-6-5-8-12-11-7-3-4-9-13(11)15(2)14(10)12;1-10-7-8-14-12(9-10)11-5-3-4-6-13(11)15(14)2;1-10-7-8-12-11-5-3-4-6-13(11)15(2)14(12)9-10;1-9-3-5-12-8-10(2)4-6-11(12)7-9;1-9-5-4-7-10-6-2-3-8-11(9)10;1-9-6-7-10-4-2-3-5-11(10)8-9/h3*4-10H,1-3H3;3*3-9H,1-2H3;3-8H,1-2H3;2*2-8H,1H3. The van der Waals surface area contributed by atoms with Crippen molar-refractivity contribution in [3.8, 4) is 33.4 Å². The Kier molecular flexibility index (Phi) is 24.8. The molecule has 0 radical (unpaired) electrons. The average molecular weight is 1650 g/mol. The zero-order valence-electron chi connectivity index (χ0n) is 77.6. The molecular weight excluding hydrogens is 1530 g/mol. The molecule has 3 aromatic heterocycles. The Hall–Kier alpha value is -13.9. The minimum atomic E-state index is 0.150. The van der Waals surface area contributed by atoms with Gasteiger partial charge in [-0.1, -0.05) is 409 Å². The van der Waals surface area contributed by atoms with Gasteiger partial charge < -0.3 is 13.7 Å². The molecule has 0 fully saturated rings. The van der Waals surface area contributed by atoms with Crippen molar-refractivity contribution in [3.05, 3.63) is 465 Å². The molecule has 0 spiro atoms. The minimum absolute atomic E-state index is 0.150. The van der Waals surface area contributed by atoms with Gasteiger partial charge in [-0.3, -0.25) is 0 Å². The van der Waals surface area contributed by atoms with Crippen molar-refractivity contribution in [2.75, 3.05) is 0 Å². The molecule has 0 aliphatic heterocycles. The second-order valence-electron chi connectivity index (χ2n) is 36.8. The Bertz CT molecular complexity index is 7570. The molecule has 0 saturated carbocycles. The fourth-order valence-corrected chi connectivity index (χ4v) is 20.1. The highest BCUT2D eigenvalue weighted by Gasteiger charge is 2.38. The van der Waals surface area contributed by atoms with Crippen LogP contribution in [-0.2, 0) is 37.4 Å². The molecular formula is C124H119N3. The lowest BCUT2D eigenvalue weighted by Crippen LogP contribution is -2.16. The maximum atomic E-state index is 2.32. The highest BCUT2D eigenvalue weighted by molar-refractivity contribution is 6.10. The van der Waals surface area contributed by atoms with E-state index in [9.17, 15) is 0 Å². The zero-order valence-corrected chi connectivity index (χ0v) is 77.6. The van der Waals surface area contributed by atoms with Crippen LogP contribution < -0.4 is 0 Å². The number of hydrogen-bond donors (Lipinski definition) is 0. The molecule has 21 aromatic rings. The Morgan fingerprint density at radius 1 is 0.181 bits per heavy atom. The van der Waals surface area contributed by atoms with Gasteiger partial charge in [0, 0.05) is 97.3 Å². The fraction of sp³-hybridized carbons (Fsp3) is 0.177. The third-order valence-electron chi connectivity index (χ3n) is 26.7. The van der Waals surface area contributed by atoms with E-state index in [1.807, 2.05) is 0 Å². The Morgan fingerprint density at radius 2 is 0.528 bits per heavy atom. The van der Waals surface area contributed by atoms with Gasteiger partial charge in [0.25, 0.3) is 0 Å². The molecule has 3 heterocycles. The van der Waals surface area contributed by atoms with Gasteiger partial charge in [0.15, 0.2) is 0 Å². The van der Waals surface area contributed by atoms with Gasteiger partial charge in [-0.15, -0.1) is 0 Å². The van der Waals surface area contributed by atoms with Crippen LogP contribution >= 0.6 is 0 Å². The second-order valence-corrected chi connectivity index (χ2v) is 36.8. The van der Waals surface area contributed by atoms with Crippen molar-refractivity contribution in [1.82, 2.24) is 13.7 Å². The number of para-hydroxylation sites is 4. The summed E-state index contributed by atoms with van der Waals surface area (Å²) in [5, 5.41) is 16.1. The second kappa shape index (κ2) is 36.4. The zero-order chi connectivity index (χ0) is 89.2. The molecule has 0 atom stereocenters. The van der Waals surface area contributed by atoms with Gasteiger partial charge in [-0.25, -0.2) is 0 Å². The summed E-state index contributed by atoms with van der Waals surface area (Å²) in [6.45, 7) is 35.4. The lowest BCUT2D eigenvalue weighted by atomic mass is 9.80. The van der Waals surface area contributed by atoms with E-state index in [2.05, 4.69) is 522 Å². The monoisotopic (exact) mass is 1650 g/mol. The Morgan fingerprint density at radius 3 is 1.16 bits per heavy atom. The van der Waals surface area contributed by atoms with Crippen molar-refractivity contribution in [2.24, 2.45) is 21.1 Å². The van der Waals surface area contributed by atoms with E-state index < -0.39 is 0 Å². The highest BCUT2D eigenvalue weighted by atomic mass is 14.9. The highest BCUT2D eigenvalue weighted by Crippen LogP contribution is 2.52. The first-order chi connectivity index (χ1) is 61.2. The van der Waals surface area contributed by atoms with Crippen LogP contribution in [0.2, 0.25) is 0 Å². The summed E-state index contributed by atoms with van der Waals surface area (Å²) in [4.78, 5) is 0. The lowest BCUT2D eigenvalue weighted by Gasteiger charge is -2.23. The third kappa shape index (κ3) is 17.3. The predicted octanol–water partition coefficient (Wildman–Crippen LogP) is 33.6. The summed E-state index contributed by atoms with van der Waals surface area (Å²) in [6.07, 6.45) is 0. The molecule has 0 amide bonds.